The fourth-order valence-electron chi connectivity index (χ4n) is 2.49. The summed E-state index contributed by atoms with van der Waals surface area (Å²) in [4.78, 5) is 4.60. The van der Waals surface area contributed by atoms with Gasteiger partial charge in [0.2, 0.25) is 0 Å². The second-order valence-electron chi connectivity index (χ2n) is 5.98. The standard InChI is InChI=1S/C14H31N3O/c1-12-11-17(5)13(2)10-14(12)15-6-8-18-9-7-16(3)4/h12-15H,6-11H2,1-5H3. The molecule has 3 unspecified atom stereocenters. The number of rotatable bonds is 7. The smallest absolute Gasteiger partial charge is 0.0593 e. The van der Waals surface area contributed by atoms with Crippen molar-refractivity contribution in [1.82, 2.24) is 15.1 Å². The Hall–Kier alpha value is -0.160. The van der Waals surface area contributed by atoms with Crippen LogP contribution in [-0.4, -0.2) is 75.9 Å². The van der Waals surface area contributed by atoms with Crippen molar-refractivity contribution in [1.29, 1.82) is 0 Å². The molecule has 0 amide bonds. The lowest BCUT2D eigenvalue weighted by Crippen LogP contribution is -2.51. The first kappa shape index (κ1) is 15.9. The molecule has 0 aromatic rings. The van der Waals surface area contributed by atoms with Crippen molar-refractivity contribution in [3.8, 4) is 0 Å². The van der Waals surface area contributed by atoms with Crippen molar-refractivity contribution in [3.05, 3.63) is 0 Å². The van der Waals surface area contributed by atoms with Gasteiger partial charge in [-0.1, -0.05) is 6.92 Å². The first-order valence-corrected chi connectivity index (χ1v) is 7.16. The van der Waals surface area contributed by atoms with Crippen LogP contribution < -0.4 is 5.32 Å². The normalized spacial score (nSPS) is 30.0. The zero-order chi connectivity index (χ0) is 13.5. The van der Waals surface area contributed by atoms with Gasteiger partial charge in [-0.25, -0.2) is 0 Å². The molecule has 1 heterocycles. The summed E-state index contributed by atoms with van der Waals surface area (Å²) in [5, 5.41) is 3.65. The third-order valence-corrected chi connectivity index (χ3v) is 3.95. The Morgan fingerprint density at radius 2 is 2.00 bits per heavy atom. The molecule has 0 aromatic carbocycles. The van der Waals surface area contributed by atoms with Gasteiger partial charge in [-0.3, -0.25) is 0 Å². The highest BCUT2D eigenvalue weighted by atomic mass is 16.5. The van der Waals surface area contributed by atoms with Gasteiger partial charge in [-0.2, -0.15) is 0 Å². The van der Waals surface area contributed by atoms with Gasteiger partial charge in [-0.15, -0.1) is 0 Å². The molecule has 0 aliphatic carbocycles. The van der Waals surface area contributed by atoms with E-state index in [0.717, 1.165) is 32.2 Å². The third-order valence-electron chi connectivity index (χ3n) is 3.95. The van der Waals surface area contributed by atoms with Gasteiger partial charge in [0.25, 0.3) is 0 Å². The van der Waals surface area contributed by atoms with Crippen molar-refractivity contribution in [3.63, 3.8) is 0 Å². The Kier molecular flexibility index (Phi) is 7.15. The van der Waals surface area contributed by atoms with Crippen LogP contribution in [0.1, 0.15) is 20.3 Å². The molecule has 1 aliphatic rings. The molecule has 0 bridgehead atoms. The number of hydrogen-bond acceptors (Lipinski definition) is 4. The number of hydrogen-bond donors (Lipinski definition) is 1. The summed E-state index contributed by atoms with van der Waals surface area (Å²) in [7, 11) is 6.37. The van der Waals surface area contributed by atoms with Gasteiger partial charge < -0.3 is 19.9 Å². The lowest BCUT2D eigenvalue weighted by Gasteiger charge is -2.40. The molecule has 0 spiro atoms. The Labute approximate surface area is 113 Å². The van der Waals surface area contributed by atoms with Crippen LogP contribution >= 0.6 is 0 Å². The number of ether oxygens (including phenoxy) is 1. The molecule has 1 N–H and O–H groups in total. The van der Waals surface area contributed by atoms with Crippen molar-refractivity contribution in [2.75, 3.05) is 54.0 Å². The van der Waals surface area contributed by atoms with Crippen LogP contribution in [0.15, 0.2) is 0 Å². The number of likely N-dealkylation sites (N-methyl/N-ethyl adjacent to an activating group) is 1. The summed E-state index contributed by atoms with van der Waals surface area (Å²) in [6.45, 7) is 9.47. The molecule has 1 fully saturated rings. The van der Waals surface area contributed by atoms with Crippen LogP contribution in [0.25, 0.3) is 0 Å². The average Bonchev–Trinajstić information content (AvgIpc) is 2.29. The molecule has 3 atom stereocenters. The lowest BCUT2D eigenvalue weighted by atomic mass is 9.90. The third kappa shape index (κ3) is 5.65. The predicted molar refractivity (Wildman–Crippen MR) is 77.0 cm³/mol. The van der Waals surface area contributed by atoms with E-state index in [-0.39, 0.29) is 0 Å². The highest BCUT2D eigenvalue weighted by Crippen LogP contribution is 2.20. The monoisotopic (exact) mass is 257 g/mol. The van der Waals surface area contributed by atoms with Crippen LogP contribution in [0, 0.1) is 5.92 Å². The average molecular weight is 257 g/mol. The van der Waals surface area contributed by atoms with Crippen LogP contribution in [0.2, 0.25) is 0 Å². The van der Waals surface area contributed by atoms with Gasteiger partial charge in [-0.05, 0) is 40.4 Å². The van der Waals surface area contributed by atoms with Crippen LogP contribution in [0.3, 0.4) is 0 Å². The molecular formula is C14H31N3O. The van der Waals surface area contributed by atoms with E-state index in [1.807, 2.05) is 0 Å². The molecule has 108 valence electrons. The first-order valence-electron chi connectivity index (χ1n) is 7.16. The van der Waals surface area contributed by atoms with Crippen molar-refractivity contribution in [2.45, 2.75) is 32.4 Å². The van der Waals surface area contributed by atoms with E-state index < -0.39 is 0 Å². The zero-order valence-corrected chi connectivity index (χ0v) is 12.8. The predicted octanol–water partition coefficient (Wildman–Crippen LogP) is 0.883. The number of likely N-dealkylation sites (tertiary alicyclic amines) is 1. The second kappa shape index (κ2) is 8.10. The Balaban J connectivity index is 2.08. The van der Waals surface area contributed by atoms with E-state index in [2.05, 4.69) is 50.1 Å². The van der Waals surface area contributed by atoms with E-state index in [4.69, 9.17) is 4.74 Å². The van der Waals surface area contributed by atoms with Crippen LogP contribution in [-0.2, 0) is 4.74 Å². The van der Waals surface area contributed by atoms with E-state index in [1.165, 1.54) is 13.0 Å². The molecule has 0 saturated carbocycles. The van der Waals surface area contributed by atoms with Gasteiger partial charge >= 0.3 is 0 Å². The van der Waals surface area contributed by atoms with E-state index in [9.17, 15) is 0 Å². The van der Waals surface area contributed by atoms with Crippen LogP contribution in [0.5, 0.6) is 0 Å². The fourth-order valence-corrected chi connectivity index (χ4v) is 2.49. The molecular weight excluding hydrogens is 226 g/mol. The molecule has 1 saturated heterocycles. The number of nitrogens with one attached hydrogen (secondary N) is 1. The molecule has 0 radical (unpaired) electrons. The maximum atomic E-state index is 5.60. The second-order valence-corrected chi connectivity index (χ2v) is 5.98. The van der Waals surface area contributed by atoms with Crippen molar-refractivity contribution < 1.29 is 4.74 Å². The minimum Gasteiger partial charge on any atom is -0.379 e. The van der Waals surface area contributed by atoms with Crippen molar-refractivity contribution in [2.24, 2.45) is 5.92 Å². The summed E-state index contributed by atoms with van der Waals surface area (Å²) in [5.41, 5.74) is 0. The molecule has 4 nitrogen and oxygen atoms in total. The molecule has 18 heavy (non-hydrogen) atoms. The Morgan fingerprint density at radius 1 is 1.28 bits per heavy atom. The van der Waals surface area contributed by atoms with Gasteiger partial charge in [0.1, 0.15) is 0 Å². The summed E-state index contributed by atoms with van der Waals surface area (Å²) in [5.74, 6) is 0.730. The van der Waals surface area contributed by atoms with Gasteiger partial charge in [0.05, 0.1) is 13.2 Å². The first-order chi connectivity index (χ1) is 8.50. The molecule has 4 heteroatoms. The van der Waals surface area contributed by atoms with Crippen LogP contribution in [0.4, 0.5) is 0 Å². The summed E-state index contributed by atoms with van der Waals surface area (Å²) >= 11 is 0. The minimum atomic E-state index is 0.647. The van der Waals surface area contributed by atoms with E-state index in [1.54, 1.807) is 0 Å². The quantitative estimate of drug-likeness (QED) is 0.685. The van der Waals surface area contributed by atoms with E-state index in [0.29, 0.717) is 12.1 Å². The maximum Gasteiger partial charge on any atom is 0.0593 e. The largest absolute Gasteiger partial charge is 0.379 e. The van der Waals surface area contributed by atoms with Gasteiger partial charge in [0.15, 0.2) is 0 Å². The van der Waals surface area contributed by atoms with Crippen molar-refractivity contribution >= 4 is 0 Å². The topological polar surface area (TPSA) is 27.7 Å². The Morgan fingerprint density at radius 3 is 2.67 bits per heavy atom. The Bertz CT molecular complexity index is 223. The molecule has 1 rings (SSSR count). The SMILES string of the molecule is CC1CN(C)C(C)CC1NCCOCCN(C)C. The van der Waals surface area contributed by atoms with E-state index >= 15 is 0 Å². The minimum absolute atomic E-state index is 0.647. The molecule has 0 aromatic heterocycles. The number of nitrogens with zero attached hydrogens (tertiary/aromatic N) is 2. The zero-order valence-electron chi connectivity index (χ0n) is 12.8. The maximum absolute atomic E-state index is 5.60. The lowest BCUT2D eigenvalue weighted by molar-refractivity contribution is 0.0966. The highest BCUT2D eigenvalue weighted by molar-refractivity contribution is 4.85. The summed E-state index contributed by atoms with van der Waals surface area (Å²) < 4.78 is 5.60. The summed E-state index contributed by atoms with van der Waals surface area (Å²) in [6.07, 6.45) is 1.25. The fraction of sp³-hybridized carbons (Fsp3) is 1.00. The number of piperidine rings is 1. The highest BCUT2D eigenvalue weighted by Gasteiger charge is 2.28. The van der Waals surface area contributed by atoms with Gasteiger partial charge in [0, 0.05) is 31.7 Å². The summed E-state index contributed by atoms with van der Waals surface area (Å²) in [6, 6.07) is 1.34. The molecule has 1 aliphatic heterocycles.